The fourth-order valence-corrected chi connectivity index (χ4v) is 1.39. The van der Waals surface area contributed by atoms with Crippen molar-refractivity contribution < 1.29 is 21.6 Å². The minimum atomic E-state index is -5.66. The summed E-state index contributed by atoms with van der Waals surface area (Å²) in [5.74, 6) is 0.248. The van der Waals surface area contributed by atoms with Crippen LogP contribution in [0.25, 0.3) is 0 Å². The monoisotopic (exact) mass is 228 g/mol. The molecule has 0 saturated carbocycles. The van der Waals surface area contributed by atoms with Crippen molar-refractivity contribution >= 4 is 21.6 Å². The number of hydrogen-bond donors (Lipinski definition) is 0. The Labute approximate surface area is 81.2 Å². The molecule has 7 heteroatoms. The van der Waals surface area contributed by atoms with Gasteiger partial charge in [0.2, 0.25) is 0 Å². The van der Waals surface area contributed by atoms with Gasteiger partial charge in [0.1, 0.15) is 0 Å². The van der Waals surface area contributed by atoms with Crippen molar-refractivity contribution in [2.45, 2.75) is 0 Å². The second-order valence-electron chi connectivity index (χ2n) is 2.23. The molecule has 0 aliphatic heterocycles. The second kappa shape index (κ2) is 5.86. The van der Waals surface area contributed by atoms with Crippen LogP contribution in [0, 0.1) is 0 Å². The van der Waals surface area contributed by atoms with Crippen molar-refractivity contribution in [1.82, 2.24) is 0 Å². The van der Waals surface area contributed by atoms with Crippen molar-refractivity contribution in [3.05, 3.63) is 24.3 Å². The van der Waals surface area contributed by atoms with Gasteiger partial charge in [-0.3, -0.25) is 0 Å². The molecule has 0 unspecified atom stereocenters. The van der Waals surface area contributed by atoms with E-state index in [1.54, 1.807) is 0 Å². The number of hydrogen-bond acceptors (Lipinski definition) is 1. The summed E-state index contributed by atoms with van der Waals surface area (Å²) in [6, 6.07) is 4.92. The SMILES string of the molecule is BF.COc1cccc([PH](F)(F)F)c1. The second-order valence-corrected chi connectivity index (χ2v) is 3.80. The molecule has 0 spiro atoms. The van der Waals surface area contributed by atoms with Gasteiger partial charge in [-0.1, -0.05) is 0 Å². The number of benzene rings is 1. The summed E-state index contributed by atoms with van der Waals surface area (Å²) in [4.78, 5) is 0. The predicted molar refractivity (Wildman–Crippen MR) is 53.9 cm³/mol. The van der Waals surface area contributed by atoms with Gasteiger partial charge >= 0.3 is 76.1 Å². The van der Waals surface area contributed by atoms with E-state index in [1.807, 2.05) is 0 Å². The molecule has 80 valence electrons. The molecule has 0 atom stereocenters. The first-order chi connectivity index (χ1) is 6.54. The molecule has 0 fully saturated rings. The maximum atomic E-state index is 12.2. The average Bonchev–Trinajstić information content (AvgIpc) is 2.20. The van der Waals surface area contributed by atoms with Crippen molar-refractivity contribution in [3.8, 4) is 5.75 Å². The first kappa shape index (κ1) is 13.2. The van der Waals surface area contributed by atoms with Crippen LogP contribution < -0.4 is 10.0 Å². The van der Waals surface area contributed by atoms with E-state index < -0.39 is 13.5 Å². The molecular weight excluding hydrogens is 218 g/mol. The van der Waals surface area contributed by atoms with Crippen LogP contribution >= 0.6 is 8.19 Å². The van der Waals surface area contributed by atoms with Gasteiger partial charge in [-0.2, -0.15) is 0 Å². The van der Waals surface area contributed by atoms with Crippen LogP contribution in [-0.4, -0.2) is 15.2 Å². The zero-order valence-electron chi connectivity index (χ0n) is 7.73. The molecule has 1 nitrogen and oxygen atoms in total. The van der Waals surface area contributed by atoms with Crippen LogP contribution in [0.5, 0.6) is 5.75 Å². The summed E-state index contributed by atoms with van der Waals surface area (Å²) >= 11 is 0. The zero-order valence-corrected chi connectivity index (χ0v) is 8.73. The topological polar surface area (TPSA) is 9.23 Å². The van der Waals surface area contributed by atoms with Crippen molar-refractivity contribution in [3.63, 3.8) is 0 Å². The molecule has 0 N–H and O–H groups in total. The number of rotatable bonds is 2. The van der Waals surface area contributed by atoms with E-state index in [4.69, 9.17) is 0 Å². The Bertz CT molecular complexity index is 279. The summed E-state index contributed by atoms with van der Waals surface area (Å²) in [6.07, 6.45) is 0. The predicted octanol–water partition coefficient (Wildman–Crippen LogP) is 2.23. The molecule has 0 aliphatic rings. The Morgan fingerprint density at radius 1 is 1.21 bits per heavy atom. The third-order valence-corrected chi connectivity index (χ3v) is 2.36. The normalized spacial score (nSPS) is 11.2. The van der Waals surface area contributed by atoms with E-state index in [0.717, 1.165) is 12.1 Å². The molecule has 0 heterocycles. The molecular formula is C7H10BF4OP. The molecule has 0 saturated heterocycles. The van der Waals surface area contributed by atoms with Crippen molar-refractivity contribution in [1.29, 1.82) is 0 Å². The Morgan fingerprint density at radius 3 is 2.21 bits per heavy atom. The third kappa shape index (κ3) is 3.96. The quantitative estimate of drug-likeness (QED) is 0.428. The van der Waals surface area contributed by atoms with Gasteiger partial charge in [-0.15, -0.1) is 0 Å². The maximum absolute atomic E-state index is 12.2. The van der Waals surface area contributed by atoms with Gasteiger partial charge in [0, 0.05) is 0 Å². The van der Waals surface area contributed by atoms with E-state index in [2.05, 4.69) is 4.74 Å². The molecule has 0 aliphatic carbocycles. The van der Waals surface area contributed by atoms with Gasteiger partial charge < -0.3 is 4.32 Å². The summed E-state index contributed by atoms with van der Waals surface area (Å²) in [5.41, 5.74) is 0. The van der Waals surface area contributed by atoms with Crippen LogP contribution in [0.2, 0.25) is 0 Å². The summed E-state index contributed by atoms with van der Waals surface area (Å²) in [7, 11) is -3.82. The van der Waals surface area contributed by atoms with E-state index >= 15 is 0 Å². The molecule has 0 bridgehead atoms. The van der Waals surface area contributed by atoms with Crippen molar-refractivity contribution in [2.75, 3.05) is 7.11 Å². The Morgan fingerprint density at radius 2 is 1.79 bits per heavy atom. The summed E-state index contributed by atoms with van der Waals surface area (Å²) in [6.45, 7) is 0. The molecule has 0 amide bonds. The molecule has 1 rings (SSSR count). The fourth-order valence-electron chi connectivity index (χ4n) is 0.799. The molecule has 14 heavy (non-hydrogen) atoms. The third-order valence-electron chi connectivity index (χ3n) is 1.40. The zero-order chi connectivity index (χ0) is 11.2. The molecule has 0 aromatic heterocycles. The Balaban J connectivity index is 0.000000791. The standard InChI is InChI=1S/C7H8F3OP.BFH2/c1-11-6-3-2-4-7(5-6)12(8,9)10;1-2/h2-5,12H,1H3;1H2. The summed E-state index contributed by atoms with van der Waals surface area (Å²) in [5, 5.41) is -0.554. The van der Waals surface area contributed by atoms with Gasteiger partial charge in [0.15, 0.2) is 0 Å². The molecule has 1 aromatic carbocycles. The number of ether oxygens (including phenoxy) is 1. The van der Waals surface area contributed by atoms with Crippen LogP contribution in [-0.2, 0) is 0 Å². The summed E-state index contributed by atoms with van der Waals surface area (Å²) < 4.78 is 50.7. The van der Waals surface area contributed by atoms with E-state index in [-0.39, 0.29) is 5.75 Å². The van der Waals surface area contributed by atoms with Gasteiger partial charge in [0.05, 0.1) is 0 Å². The van der Waals surface area contributed by atoms with Gasteiger partial charge in [-0.05, 0) is 0 Å². The van der Waals surface area contributed by atoms with E-state index in [9.17, 15) is 16.9 Å². The molecule has 1 aromatic rings. The number of halogens is 4. The van der Waals surface area contributed by atoms with Gasteiger partial charge in [0.25, 0.3) is 0 Å². The fraction of sp³-hybridized carbons (Fsp3) is 0.143. The Hall–Kier alpha value is -0.765. The minimum absolute atomic E-state index is 0.248. The van der Waals surface area contributed by atoms with Crippen molar-refractivity contribution in [2.24, 2.45) is 0 Å². The van der Waals surface area contributed by atoms with Crippen LogP contribution in [0.15, 0.2) is 24.3 Å². The van der Waals surface area contributed by atoms with Gasteiger partial charge in [-0.25, -0.2) is 0 Å². The first-order valence-corrected chi connectivity index (χ1v) is 5.26. The van der Waals surface area contributed by atoms with E-state index in [1.165, 1.54) is 19.2 Å². The van der Waals surface area contributed by atoms with Crippen LogP contribution in [0.1, 0.15) is 0 Å². The van der Waals surface area contributed by atoms with E-state index in [0.29, 0.717) is 8.12 Å². The number of methoxy groups -OCH3 is 1. The average molecular weight is 228 g/mol. The molecule has 0 radical (unpaired) electrons. The van der Waals surface area contributed by atoms with Crippen LogP contribution in [0.4, 0.5) is 16.9 Å². The van der Waals surface area contributed by atoms with Crippen LogP contribution in [0.3, 0.4) is 0 Å². The first-order valence-electron chi connectivity index (χ1n) is 3.63. The Kier molecular flexibility index (Phi) is 5.54.